The Morgan fingerprint density at radius 3 is 2.00 bits per heavy atom. The molecule has 0 aromatic heterocycles. The number of allylic oxidation sites excluding steroid dienone is 2. The van der Waals surface area contributed by atoms with Crippen LogP contribution in [-0.2, 0) is 9.47 Å². The molecular weight excluding hydrogens is 490 g/mol. The highest BCUT2D eigenvalue weighted by molar-refractivity contribution is 6.78. The van der Waals surface area contributed by atoms with Gasteiger partial charge in [0.05, 0.1) is 17.9 Å². The number of aryl methyl sites for hydroxylation is 1. The van der Waals surface area contributed by atoms with E-state index in [1.807, 2.05) is 0 Å². The van der Waals surface area contributed by atoms with Crippen LogP contribution in [0.25, 0.3) is 0 Å². The Labute approximate surface area is 221 Å². The first kappa shape index (κ1) is 30.3. The maximum Gasteiger partial charge on any atom is 0.412 e. The molecule has 0 radical (unpaired) electrons. The molecule has 0 spiro atoms. The predicted octanol–water partition coefficient (Wildman–Crippen LogP) is 6.51. The number of benzene rings is 1. The van der Waals surface area contributed by atoms with Gasteiger partial charge in [0.15, 0.2) is 5.78 Å². The van der Waals surface area contributed by atoms with E-state index in [2.05, 4.69) is 46.9 Å². The van der Waals surface area contributed by atoms with Gasteiger partial charge in [0, 0.05) is 11.6 Å². The summed E-state index contributed by atoms with van der Waals surface area (Å²) in [5.41, 5.74) is 0.0608. The lowest BCUT2D eigenvalue weighted by molar-refractivity contribution is 0.0514. The molecule has 204 valence electrons. The first-order chi connectivity index (χ1) is 17.0. The van der Waals surface area contributed by atoms with Crippen molar-refractivity contribution in [1.29, 1.82) is 0 Å². The highest BCUT2D eigenvalue weighted by Gasteiger charge is 2.48. The lowest BCUT2D eigenvalue weighted by atomic mass is 9.86. The maximum absolute atomic E-state index is 13.4. The van der Waals surface area contributed by atoms with Crippen molar-refractivity contribution in [2.24, 2.45) is 0 Å². The van der Waals surface area contributed by atoms with E-state index in [0.29, 0.717) is 5.56 Å². The predicted molar refractivity (Wildman–Crippen MR) is 145 cm³/mol. The third-order valence-corrected chi connectivity index (χ3v) is 12.5. The molecule has 0 heterocycles. The van der Waals surface area contributed by atoms with Gasteiger partial charge in [0.1, 0.15) is 16.9 Å². The Hall–Kier alpha value is -2.94. The molecule has 0 saturated carbocycles. The van der Waals surface area contributed by atoms with Crippen molar-refractivity contribution in [1.82, 2.24) is 5.32 Å². The fourth-order valence-electron chi connectivity index (χ4n) is 5.21. The zero-order valence-corrected chi connectivity index (χ0v) is 25.0. The number of nitrogens with one attached hydrogen (secondary N) is 1. The van der Waals surface area contributed by atoms with Crippen molar-refractivity contribution in [3.05, 3.63) is 40.1 Å². The fourth-order valence-corrected chi connectivity index (χ4v) is 10.5. The Bertz CT molecular complexity index is 1100. The maximum atomic E-state index is 13.4. The average molecular weight is 532 g/mol. The molecule has 9 heteroatoms. The summed E-state index contributed by atoms with van der Waals surface area (Å²) in [6.45, 7) is 21.3. The van der Waals surface area contributed by atoms with Crippen LogP contribution in [0, 0.1) is 6.92 Å². The van der Waals surface area contributed by atoms with Crippen molar-refractivity contribution in [2.45, 2.75) is 98.4 Å². The molecule has 1 aromatic rings. The second kappa shape index (κ2) is 11.2. The number of hydrogen-bond donors (Lipinski definition) is 1. The van der Waals surface area contributed by atoms with Gasteiger partial charge in [-0.3, -0.25) is 14.9 Å². The number of fused-ring (bicyclic) bond motifs is 1. The van der Waals surface area contributed by atoms with Gasteiger partial charge < -0.3 is 13.9 Å². The minimum absolute atomic E-state index is 0.0115. The van der Waals surface area contributed by atoms with Gasteiger partial charge in [-0.1, -0.05) is 41.5 Å². The van der Waals surface area contributed by atoms with Crippen LogP contribution in [0.15, 0.2) is 17.8 Å². The zero-order valence-electron chi connectivity index (χ0n) is 24.0. The minimum atomic E-state index is -2.54. The molecule has 0 atom stereocenters. The van der Waals surface area contributed by atoms with Crippen molar-refractivity contribution < 1.29 is 33.1 Å². The highest BCUT2D eigenvalue weighted by Crippen LogP contribution is 2.45. The molecule has 37 heavy (non-hydrogen) atoms. The normalized spacial score (nSPS) is 14.1. The Kier molecular flexibility index (Phi) is 9.17. The second-order valence-electron chi connectivity index (χ2n) is 11.3. The molecule has 0 bridgehead atoms. The first-order valence-electron chi connectivity index (χ1n) is 12.8. The van der Waals surface area contributed by atoms with E-state index in [1.165, 1.54) is 0 Å². The highest BCUT2D eigenvalue weighted by atomic mass is 28.4. The molecule has 8 nitrogen and oxygen atoms in total. The summed E-state index contributed by atoms with van der Waals surface area (Å²) in [6.07, 6.45) is 0.168. The first-order valence-corrected chi connectivity index (χ1v) is 15.0. The van der Waals surface area contributed by atoms with Gasteiger partial charge in [-0.2, -0.15) is 0 Å². The molecule has 1 aliphatic carbocycles. The van der Waals surface area contributed by atoms with Gasteiger partial charge >= 0.3 is 12.1 Å². The summed E-state index contributed by atoms with van der Waals surface area (Å²) < 4.78 is 17.4. The number of rotatable bonds is 8. The molecule has 1 aromatic carbocycles. The van der Waals surface area contributed by atoms with Crippen LogP contribution in [0.1, 0.15) is 106 Å². The number of amides is 1. The van der Waals surface area contributed by atoms with Crippen LogP contribution < -0.4 is 9.74 Å². The molecular formula is C28H41NO7Si. The summed E-state index contributed by atoms with van der Waals surface area (Å²) in [7, 11) is -2.54. The molecule has 1 aliphatic rings. The summed E-state index contributed by atoms with van der Waals surface area (Å²) in [4.78, 5) is 52.4. The van der Waals surface area contributed by atoms with Crippen LogP contribution in [0.5, 0.6) is 5.75 Å². The number of alkyl carbamates (subject to hydrolysis) is 1. The number of ether oxygens (including phenoxy) is 2. The summed E-state index contributed by atoms with van der Waals surface area (Å²) in [6, 6.07) is 1.55. The molecule has 1 amide bonds. The van der Waals surface area contributed by atoms with E-state index in [4.69, 9.17) is 13.9 Å². The van der Waals surface area contributed by atoms with Crippen LogP contribution in [0.3, 0.4) is 0 Å². The molecule has 0 aliphatic heterocycles. The number of esters is 1. The van der Waals surface area contributed by atoms with Gasteiger partial charge in [-0.05, 0) is 62.9 Å². The van der Waals surface area contributed by atoms with Crippen LogP contribution >= 0.6 is 0 Å². The Morgan fingerprint density at radius 2 is 1.54 bits per heavy atom. The number of Topliss-reactive ketones (excluding diaryl/α,β-unsaturated/α-hetero) is 1. The Balaban J connectivity index is 2.75. The van der Waals surface area contributed by atoms with Crippen molar-refractivity contribution in [3.63, 3.8) is 0 Å². The molecule has 0 saturated heterocycles. The number of ketones is 2. The van der Waals surface area contributed by atoms with Gasteiger partial charge in [-0.15, -0.1) is 0 Å². The summed E-state index contributed by atoms with van der Waals surface area (Å²) >= 11 is 0. The topological polar surface area (TPSA) is 108 Å². The van der Waals surface area contributed by atoms with E-state index >= 15 is 0 Å². The standard InChI is InChI=1S/C28H41NO7Si/c1-12-34-26(32)23-22-19(24(31)20(14-21(22)30)29-27(33)35-28(9,10)11)13-18(8)25(23)36-37(15(2)3,16(4)5)17(6)7/h13-17H,12H2,1-11H3,(H,29,33). The smallest absolute Gasteiger partial charge is 0.412 e. The van der Waals surface area contributed by atoms with Crippen molar-refractivity contribution >= 4 is 31.9 Å². The zero-order chi connectivity index (χ0) is 28.5. The van der Waals surface area contributed by atoms with E-state index < -0.39 is 37.5 Å². The monoisotopic (exact) mass is 531 g/mol. The lowest BCUT2D eigenvalue weighted by Crippen LogP contribution is -2.51. The fraction of sp³-hybridized carbons (Fsp3) is 0.571. The quantitative estimate of drug-likeness (QED) is 0.301. The van der Waals surface area contributed by atoms with Gasteiger partial charge in [0.25, 0.3) is 8.32 Å². The van der Waals surface area contributed by atoms with Crippen molar-refractivity contribution in [2.75, 3.05) is 6.61 Å². The summed E-state index contributed by atoms with van der Waals surface area (Å²) in [5.74, 6) is -1.63. The Morgan fingerprint density at radius 1 is 1.00 bits per heavy atom. The molecule has 1 N–H and O–H groups in total. The number of carbonyl (C=O) groups excluding carboxylic acids is 4. The second-order valence-corrected chi connectivity index (χ2v) is 16.7. The van der Waals surface area contributed by atoms with Crippen LogP contribution in [0.2, 0.25) is 16.6 Å². The van der Waals surface area contributed by atoms with Gasteiger partial charge in [0.2, 0.25) is 5.78 Å². The SMILES string of the molecule is CCOC(=O)c1c(O[Si](C(C)C)(C(C)C)C(C)C)c(C)cc2c1C(=O)C=C(NC(=O)OC(C)(C)C)C2=O. The third kappa shape index (κ3) is 6.14. The molecule has 0 unspecified atom stereocenters. The average Bonchev–Trinajstić information content (AvgIpc) is 2.73. The van der Waals surface area contributed by atoms with Crippen LogP contribution in [-0.4, -0.2) is 44.2 Å². The van der Waals surface area contributed by atoms with Crippen molar-refractivity contribution in [3.8, 4) is 5.75 Å². The third-order valence-electron chi connectivity index (χ3n) is 6.58. The van der Waals surface area contributed by atoms with E-state index in [9.17, 15) is 19.2 Å². The van der Waals surface area contributed by atoms with Crippen LogP contribution in [0.4, 0.5) is 4.79 Å². The minimum Gasteiger partial charge on any atom is -0.542 e. The molecule has 2 rings (SSSR count). The summed E-state index contributed by atoms with van der Waals surface area (Å²) in [5, 5.41) is 2.38. The van der Waals surface area contributed by atoms with E-state index in [1.54, 1.807) is 40.7 Å². The largest absolute Gasteiger partial charge is 0.542 e. The lowest BCUT2D eigenvalue weighted by Gasteiger charge is -2.43. The van der Waals surface area contributed by atoms with E-state index in [-0.39, 0.29) is 51.4 Å². The number of carbonyl (C=O) groups is 4. The van der Waals surface area contributed by atoms with E-state index in [0.717, 1.165) is 6.08 Å². The number of hydrogen-bond acceptors (Lipinski definition) is 7. The molecule has 0 fully saturated rings. The van der Waals surface area contributed by atoms with Gasteiger partial charge in [-0.25, -0.2) is 9.59 Å².